The first-order valence-electron chi connectivity index (χ1n) is 7.42. The summed E-state index contributed by atoms with van der Waals surface area (Å²) in [5, 5.41) is 0. The fourth-order valence-electron chi connectivity index (χ4n) is 2.76. The Morgan fingerprint density at radius 3 is 2.57 bits per heavy atom. The Bertz CT molecular complexity index is 547. The van der Waals surface area contributed by atoms with Crippen LogP contribution in [0.3, 0.4) is 0 Å². The average molecular weight is 311 g/mol. The van der Waals surface area contributed by atoms with Crippen molar-refractivity contribution in [2.75, 3.05) is 20.1 Å². The van der Waals surface area contributed by atoms with E-state index in [0.717, 1.165) is 18.4 Å². The highest BCUT2D eigenvalue weighted by Crippen LogP contribution is 2.25. The Morgan fingerprint density at radius 1 is 1.29 bits per heavy atom. The zero-order chi connectivity index (χ0) is 15.5. The molecule has 5 nitrogen and oxygen atoms in total. The van der Waals surface area contributed by atoms with E-state index in [-0.39, 0.29) is 12.0 Å². The van der Waals surface area contributed by atoms with Gasteiger partial charge in [-0.15, -0.1) is 0 Å². The van der Waals surface area contributed by atoms with Crippen LogP contribution in [0.2, 0.25) is 0 Å². The van der Waals surface area contributed by atoms with Crippen molar-refractivity contribution >= 4 is 10.2 Å². The Morgan fingerprint density at radius 2 is 1.95 bits per heavy atom. The molecule has 0 amide bonds. The Kier molecular flexibility index (Phi) is 5.37. The zero-order valence-corrected chi connectivity index (χ0v) is 13.6. The van der Waals surface area contributed by atoms with Gasteiger partial charge in [0.05, 0.1) is 0 Å². The maximum atomic E-state index is 12.8. The summed E-state index contributed by atoms with van der Waals surface area (Å²) in [4.78, 5) is 0. The van der Waals surface area contributed by atoms with Crippen molar-refractivity contribution in [3.63, 3.8) is 0 Å². The highest BCUT2D eigenvalue weighted by atomic mass is 32.2. The molecule has 0 bridgehead atoms. The average Bonchev–Trinajstić information content (AvgIpc) is 2.48. The molecule has 2 N–H and O–H groups in total. The number of benzene rings is 1. The predicted octanol–water partition coefficient (Wildman–Crippen LogP) is 1.42. The van der Waals surface area contributed by atoms with E-state index in [9.17, 15) is 8.42 Å². The third kappa shape index (κ3) is 3.83. The summed E-state index contributed by atoms with van der Waals surface area (Å²) in [5.74, 6) is 0.265. The molecule has 1 aromatic carbocycles. The molecule has 1 fully saturated rings. The van der Waals surface area contributed by atoms with Gasteiger partial charge in [-0.3, -0.25) is 0 Å². The summed E-state index contributed by atoms with van der Waals surface area (Å²) in [6, 6.07) is 9.68. The monoisotopic (exact) mass is 311 g/mol. The highest BCUT2D eigenvalue weighted by molar-refractivity contribution is 7.86. The van der Waals surface area contributed by atoms with E-state index in [1.54, 1.807) is 11.4 Å². The van der Waals surface area contributed by atoms with Crippen molar-refractivity contribution in [1.82, 2.24) is 8.61 Å². The minimum Gasteiger partial charge on any atom is -0.330 e. The van der Waals surface area contributed by atoms with Gasteiger partial charge >= 0.3 is 0 Å². The first-order valence-corrected chi connectivity index (χ1v) is 8.82. The zero-order valence-electron chi connectivity index (χ0n) is 12.8. The van der Waals surface area contributed by atoms with Crippen LogP contribution in [0.1, 0.15) is 25.3 Å². The molecule has 1 aliphatic heterocycles. The van der Waals surface area contributed by atoms with Gasteiger partial charge in [-0.05, 0) is 37.8 Å². The van der Waals surface area contributed by atoms with Crippen LogP contribution in [-0.2, 0) is 16.8 Å². The minimum atomic E-state index is -3.44. The van der Waals surface area contributed by atoms with Gasteiger partial charge in [0.25, 0.3) is 10.2 Å². The molecule has 0 aliphatic carbocycles. The molecule has 6 heteroatoms. The molecule has 1 saturated heterocycles. The molecule has 1 aromatic rings. The van der Waals surface area contributed by atoms with Crippen LogP contribution in [0, 0.1) is 5.92 Å². The summed E-state index contributed by atoms with van der Waals surface area (Å²) in [5.41, 5.74) is 6.71. The summed E-state index contributed by atoms with van der Waals surface area (Å²) in [6.07, 6.45) is 1.88. The lowest BCUT2D eigenvalue weighted by atomic mass is 9.96. The summed E-state index contributed by atoms with van der Waals surface area (Å²) < 4.78 is 28.6. The number of nitrogens with two attached hydrogens (primary N) is 1. The molecule has 0 aromatic heterocycles. The second-order valence-electron chi connectivity index (χ2n) is 5.85. The van der Waals surface area contributed by atoms with Gasteiger partial charge in [0.1, 0.15) is 0 Å². The fourth-order valence-corrected chi connectivity index (χ4v) is 4.39. The van der Waals surface area contributed by atoms with Gasteiger partial charge in [-0.2, -0.15) is 17.0 Å². The molecule has 0 spiro atoms. The molecule has 2 atom stereocenters. The SMILES string of the molecule is CC1CCC(CN)CN1S(=O)(=O)N(C)Cc1ccccc1. The predicted molar refractivity (Wildman–Crippen MR) is 84.8 cm³/mol. The normalized spacial score (nSPS) is 24.4. The quantitative estimate of drug-likeness (QED) is 0.894. The second-order valence-corrected chi connectivity index (χ2v) is 7.84. The first kappa shape index (κ1) is 16.4. The minimum absolute atomic E-state index is 0.0380. The van der Waals surface area contributed by atoms with E-state index >= 15 is 0 Å². The van der Waals surface area contributed by atoms with Crippen LogP contribution in [0.5, 0.6) is 0 Å². The van der Waals surface area contributed by atoms with Crippen molar-refractivity contribution in [2.45, 2.75) is 32.4 Å². The lowest BCUT2D eigenvalue weighted by Crippen LogP contribution is -2.51. The number of hydrogen-bond acceptors (Lipinski definition) is 3. The standard InChI is InChI=1S/C15H25N3O2S/c1-13-8-9-15(10-16)12-18(13)21(19,20)17(2)11-14-6-4-3-5-7-14/h3-7,13,15H,8-12,16H2,1-2H3. The third-order valence-corrected chi connectivity index (χ3v) is 6.21. The van der Waals surface area contributed by atoms with Crippen LogP contribution in [0.25, 0.3) is 0 Å². The summed E-state index contributed by atoms with van der Waals surface area (Å²) >= 11 is 0. The fraction of sp³-hybridized carbons (Fsp3) is 0.600. The summed E-state index contributed by atoms with van der Waals surface area (Å²) in [7, 11) is -1.80. The molecule has 0 radical (unpaired) electrons. The smallest absolute Gasteiger partial charge is 0.282 e. The second kappa shape index (κ2) is 6.87. The third-order valence-electron chi connectivity index (χ3n) is 4.19. The van der Waals surface area contributed by atoms with Crippen molar-refractivity contribution in [3.8, 4) is 0 Å². The van der Waals surface area contributed by atoms with Gasteiger partial charge in [-0.25, -0.2) is 0 Å². The number of hydrogen-bond donors (Lipinski definition) is 1. The van der Waals surface area contributed by atoms with E-state index in [4.69, 9.17) is 5.73 Å². The molecule has 1 aliphatic rings. The van der Waals surface area contributed by atoms with E-state index in [1.807, 2.05) is 37.3 Å². The number of nitrogens with zero attached hydrogens (tertiary/aromatic N) is 2. The van der Waals surface area contributed by atoms with Crippen LogP contribution < -0.4 is 5.73 Å². The molecule has 2 rings (SSSR count). The number of piperidine rings is 1. The number of rotatable bonds is 5. The molecule has 2 unspecified atom stereocenters. The highest BCUT2D eigenvalue weighted by Gasteiger charge is 2.35. The largest absolute Gasteiger partial charge is 0.330 e. The van der Waals surface area contributed by atoms with E-state index in [1.165, 1.54) is 4.31 Å². The van der Waals surface area contributed by atoms with Gasteiger partial charge < -0.3 is 5.73 Å². The first-order chi connectivity index (χ1) is 9.95. The van der Waals surface area contributed by atoms with Gasteiger partial charge in [0.15, 0.2) is 0 Å². The molecule has 1 heterocycles. The van der Waals surface area contributed by atoms with Crippen molar-refractivity contribution < 1.29 is 8.42 Å². The molecular formula is C15H25N3O2S. The topological polar surface area (TPSA) is 66.6 Å². The van der Waals surface area contributed by atoms with Gasteiger partial charge in [0.2, 0.25) is 0 Å². The van der Waals surface area contributed by atoms with Crippen LogP contribution in [0.4, 0.5) is 0 Å². The van der Waals surface area contributed by atoms with Crippen LogP contribution in [-0.4, -0.2) is 43.2 Å². The molecule has 118 valence electrons. The van der Waals surface area contributed by atoms with Crippen molar-refractivity contribution in [1.29, 1.82) is 0 Å². The maximum absolute atomic E-state index is 12.8. The Labute approximate surface area is 127 Å². The van der Waals surface area contributed by atoms with Crippen LogP contribution >= 0.6 is 0 Å². The van der Waals surface area contributed by atoms with Gasteiger partial charge in [0, 0.05) is 26.2 Å². The molecule has 0 saturated carbocycles. The van der Waals surface area contributed by atoms with Crippen molar-refractivity contribution in [3.05, 3.63) is 35.9 Å². The maximum Gasteiger partial charge on any atom is 0.282 e. The van der Waals surface area contributed by atoms with Gasteiger partial charge in [-0.1, -0.05) is 30.3 Å². The van der Waals surface area contributed by atoms with E-state index in [0.29, 0.717) is 19.6 Å². The van der Waals surface area contributed by atoms with E-state index in [2.05, 4.69) is 0 Å². The summed E-state index contributed by atoms with van der Waals surface area (Å²) in [6.45, 7) is 3.43. The van der Waals surface area contributed by atoms with E-state index < -0.39 is 10.2 Å². The Hall–Kier alpha value is -0.950. The lowest BCUT2D eigenvalue weighted by Gasteiger charge is -2.38. The molecular weight excluding hydrogens is 286 g/mol. The Balaban J connectivity index is 2.12. The lowest BCUT2D eigenvalue weighted by molar-refractivity contribution is 0.199. The molecule has 21 heavy (non-hydrogen) atoms. The van der Waals surface area contributed by atoms with Crippen molar-refractivity contribution in [2.24, 2.45) is 11.7 Å². The van der Waals surface area contributed by atoms with Crippen LogP contribution in [0.15, 0.2) is 30.3 Å².